The van der Waals surface area contributed by atoms with E-state index >= 15 is 0 Å². The molecule has 2 aromatic rings. The van der Waals surface area contributed by atoms with E-state index in [1.54, 1.807) is 29.3 Å². The molecule has 1 aromatic heterocycles. The average molecular weight is 440 g/mol. The molecule has 0 spiro atoms. The lowest BCUT2D eigenvalue weighted by molar-refractivity contribution is -0.121. The SMILES string of the molecule is O=C(CCc1c[nH]nn1)NCC1CCN(C(=O)OCc2cc(Cl)cc(Cl)c2)CC1. The summed E-state index contributed by atoms with van der Waals surface area (Å²) in [5, 5.41) is 14.1. The van der Waals surface area contributed by atoms with Gasteiger partial charge < -0.3 is 15.0 Å². The predicted molar refractivity (Wildman–Crippen MR) is 109 cm³/mol. The first-order valence-electron chi connectivity index (χ1n) is 9.48. The topological polar surface area (TPSA) is 100 Å². The molecule has 2 N–H and O–H groups in total. The molecular weight excluding hydrogens is 417 g/mol. The lowest BCUT2D eigenvalue weighted by Gasteiger charge is -2.31. The van der Waals surface area contributed by atoms with Gasteiger partial charge in [-0.15, -0.1) is 5.10 Å². The fourth-order valence-corrected chi connectivity index (χ4v) is 3.76. The lowest BCUT2D eigenvalue weighted by atomic mass is 9.97. The molecule has 8 nitrogen and oxygen atoms in total. The van der Waals surface area contributed by atoms with E-state index < -0.39 is 0 Å². The summed E-state index contributed by atoms with van der Waals surface area (Å²) >= 11 is 11.9. The number of aromatic nitrogens is 3. The van der Waals surface area contributed by atoms with Crippen molar-refractivity contribution in [2.24, 2.45) is 5.92 Å². The van der Waals surface area contributed by atoms with E-state index in [9.17, 15) is 9.59 Å². The van der Waals surface area contributed by atoms with Gasteiger partial charge in [0.05, 0.1) is 5.69 Å². The summed E-state index contributed by atoms with van der Waals surface area (Å²) in [5.74, 6) is 0.344. The molecule has 1 fully saturated rings. The molecule has 0 saturated carbocycles. The van der Waals surface area contributed by atoms with Crippen molar-refractivity contribution in [1.29, 1.82) is 0 Å². The van der Waals surface area contributed by atoms with Gasteiger partial charge in [-0.1, -0.05) is 28.4 Å². The van der Waals surface area contributed by atoms with Crippen LogP contribution in [0.25, 0.3) is 0 Å². The highest BCUT2D eigenvalue weighted by Gasteiger charge is 2.24. The molecule has 1 aromatic carbocycles. The first-order valence-corrected chi connectivity index (χ1v) is 10.2. The summed E-state index contributed by atoms with van der Waals surface area (Å²) in [6.45, 7) is 1.95. The average Bonchev–Trinajstić information content (AvgIpc) is 3.22. The molecular formula is C19H23Cl2N5O3. The first-order chi connectivity index (χ1) is 14.0. The Labute approximate surface area is 178 Å². The summed E-state index contributed by atoms with van der Waals surface area (Å²) in [6.07, 6.45) is 3.92. The van der Waals surface area contributed by atoms with E-state index in [2.05, 4.69) is 20.7 Å². The maximum absolute atomic E-state index is 12.3. The van der Waals surface area contributed by atoms with Crippen molar-refractivity contribution in [2.45, 2.75) is 32.3 Å². The minimum absolute atomic E-state index is 0.00461. The molecule has 156 valence electrons. The van der Waals surface area contributed by atoms with Crippen molar-refractivity contribution < 1.29 is 14.3 Å². The minimum Gasteiger partial charge on any atom is -0.445 e. The third kappa shape index (κ3) is 6.90. The number of piperidine rings is 1. The number of hydrogen-bond donors (Lipinski definition) is 2. The van der Waals surface area contributed by atoms with Crippen LogP contribution in [0.3, 0.4) is 0 Å². The van der Waals surface area contributed by atoms with E-state index in [0.717, 1.165) is 24.1 Å². The Morgan fingerprint density at radius 1 is 1.21 bits per heavy atom. The van der Waals surface area contributed by atoms with Gasteiger partial charge in [-0.3, -0.25) is 9.89 Å². The summed E-state index contributed by atoms with van der Waals surface area (Å²) in [7, 11) is 0. The Kier molecular flexibility index (Phi) is 7.71. The zero-order valence-electron chi connectivity index (χ0n) is 15.9. The molecule has 2 heterocycles. The fourth-order valence-electron chi connectivity index (χ4n) is 3.19. The smallest absolute Gasteiger partial charge is 0.410 e. The highest BCUT2D eigenvalue weighted by Crippen LogP contribution is 2.21. The quantitative estimate of drug-likeness (QED) is 0.689. The van der Waals surface area contributed by atoms with E-state index in [4.69, 9.17) is 27.9 Å². The Bertz CT molecular complexity index is 803. The van der Waals surface area contributed by atoms with Gasteiger partial charge in [0.1, 0.15) is 6.61 Å². The number of rotatable bonds is 7. The van der Waals surface area contributed by atoms with Gasteiger partial charge in [0, 0.05) is 48.7 Å². The van der Waals surface area contributed by atoms with Crippen LogP contribution < -0.4 is 5.32 Å². The maximum Gasteiger partial charge on any atom is 0.410 e. The molecule has 10 heteroatoms. The van der Waals surface area contributed by atoms with Gasteiger partial charge in [-0.05, 0) is 42.5 Å². The number of likely N-dealkylation sites (tertiary alicyclic amines) is 1. The second-order valence-corrected chi connectivity index (χ2v) is 7.90. The molecule has 0 bridgehead atoms. The third-order valence-corrected chi connectivity index (χ3v) is 5.26. The van der Waals surface area contributed by atoms with Crippen molar-refractivity contribution in [3.63, 3.8) is 0 Å². The summed E-state index contributed by atoms with van der Waals surface area (Å²) in [5.41, 5.74) is 1.52. The van der Waals surface area contributed by atoms with Crippen LogP contribution in [0.15, 0.2) is 24.4 Å². The number of carbonyl (C=O) groups excluding carboxylic acids is 2. The zero-order valence-corrected chi connectivity index (χ0v) is 17.4. The molecule has 3 rings (SSSR count). The number of carbonyl (C=O) groups is 2. The van der Waals surface area contributed by atoms with Crippen LogP contribution in [0.2, 0.25) is 10.0 Å². The number of nitrogens with one attached hydrogen (secondary N) is 2. The Balaban J connectivity index is 1.33. The predicted octanol–water partition coefficient (Wildman–Crippen LogP) is 3.21. The minimum atomic E-state index is -0.351. The van der Waals surface area contributed by atoms with Crippen LogP contribution in [-0.4, -0.2) is 51.9 Å². The fraction of sp³-hybridized carbons (Fsp3) is 0.474. The molecule has 0 atom stereocenters. The Morgan fingerprint density at radius 2 is 1.93 bits per heavy atom. The zero-order chi connectivity index (χ0) is 20.6. The second-order valence-electron chi connectivity index (χ2n) is 7.03. The Morgan fingerprint density at radius 3 is 2.59 bits per heavy atom. The Hall–Kier alpha value is -2.32. The normalized spacial score (nSPS) is 14.6. The monoisotopic (exact) mass is 439 g/mol. The number of amides is 2. The summed E-state index contributed by atoms with van der Waals surface area (Å²) < 4.78 is 5.36. The van der Waals surface area contributed by atoms with Crippen molar-refractivity contribution >= 4 is 35.2 Å². The lowest BCUT2D eigenvalue weighted by Crippen LogP contribution is -2.41. The maximum atomic E-state index is 12.3. The molecule has 29 heavy (non-hydrogen) atoms. The highest BCUT2D eigenvalue weighted by molar-refractivity contribution is 6.34. The third-order valence-electron chi connectivity index (χ3n) is 4.82. The van der Waals surface area contributed by atoms with Gasteiger partial charge in [-0.2, -0.15) is 0 Å². The molecule has 1 aliphatic rings. The first kappa shape index (κ1) is 21.4. The number of halogens is 2. The van der Waals surface area contributed by atoms with Gasteiger partial charge in [0.15, 0.2) is 0 Å². The number of benzene rings is 1. The molecule has 0 aliphatic carbocycles. The largest absolute Gasteiger partial charge is 0.445 e. The van der Waals surface area contributed by atoms with Gasteiger partial charge in [0.25, 0.3) is 0 Å². The van der Waals surface area contributed by atoms with Crippen LogP contribution in [0.1, 0.15) is 30.5 Å². The summed E-state index contributed by atoms with van der Waals surface area (Å²) in [4.78, 5) is 25.9. The van der Waals surface area contributed by atoms with Gasteiger partial charge >= 0.3 is 6.09 Å². The van der Waals surface area contributed by atoms with Crippen LogP contribution in [0.5, 0.6) is 0 Å². The second kappa shape index (κ2) is 10.5. The van der Waals surface area contributed by atoms with Crippen LogP contribution >= 0.6 is 23.2 Å². The molecule has 0 unspecified atom stereocenters. The van der Waals surface area contributed by atoms with Crippen LogP contribution in [0.4, 0.5) is 4.79 Å². The molecule has 0 radical (unpaired) electrons. The number of hydrogen-bond acceptors (Lipinski definition) is 5. The van der Waals surface area contributed by atoms with Crippen molar-refractivity contribution in [2.75, 3.05) is 19.6 Å². The number of aryl methyl sites for hydroxylation is 1. The van der Waals surface area contributed by atoms with Crippen LogP contribution in [-0.2, 0) is 22.6 Å². The van der Waals surface area contributed by atoms with E-state index in [-0.39, 0.29) is 18.6 Å². The number of H-pyrrole nitrogens is 1. The van der Waals surface area contributed by atoms with Crippen molar-refractivity contribution in [1.82, 2.24) is 25.6 Å². The summed E-state index contributed by atoms with van der Waals surface area (Å²) in [6, 6.07) is 5.07. The van der Waals surface area contributed by atoms with E-state index in [1.165, 1.54) is 0 Å². The molecule has 2 amide bonds. The number of nitrogens with zero attached hydrogens (tertiary/aromatic N) is 3. The van der Waals surface area contributed by atoms with E-state index in [0.29, 0.717) is 48.4 Å². The van der Waals surface area contributed by atoms with Gasteiger partial charge in [0.2, 0.25) is 5.91 Å². The van der Waals surface area contributed by atoms with E-state index in [1.807, 2.05) is 0 Å². The van der Waals surface area contributed by atoms with Gasteiger partial charge in [-0.25, -0.2) is 4.79 Å². The van der Waals surface area contributed by atoms with Crippen LogP contribution in [0, 0.1) is 5.92 Å². The molecule has 1 saturated heterocycles. The molecule has 1 aliphatic heterocycles. The number of aromatic amines is 1. The highest BCUT2D eigenvalue weighted by atomic mass is 35.5. The van der Waals surface area contributed by atoms with Crippen molar-refractivity contribution in [3.8, 4) is 0 Å². The van der Waals surface area contributed by atoms with Crippen molar-refractivity contribution in [3.05, 3.63) is 45.7 Å². The number of ether oxygens (including phenoxy) is 1. The standard InChI is InChI=1S/C19H23Cl2N5O3/c20-15-7-14(8-16(21)9-15)12-29-19(28)26-5-3-13(4-6-26)10-22-18(27)2-1-17-11-23-25-24-17/h7-9,11,13H,1-6,10,12H2,(H,22,27)(H,23,24,25).